The van der Waals surface area contributed by atoms with E-state index >= 15 is 0 Å². The molecule has 0 unspecified atom stereocenters. The number of halogens is 3. The molecule has 0 spiro atoms. The summed E-state index contributed by atoms with van der Waals surface area (Å²) >= 11 is 8.97. The molecular formula is C13H8BrClFNO. The largest absolute Gasteiger partial charge is 0.399 e. The summed E-state index contributed by atoms with van der Waals surface area (Å²) in [6.07, 6.45) is 0. The molecule has 5 heteroatoms. The van der Waals surface area contributed by atoms with Crippen LogP contribution in [0.15, 0.2) is 40.9 Å². The fourth-order valence-electron chi connectivity index (χ4n) is 1.51. The number of nitrogens with two attached hydrogens (primary N) is 1. The van der Waals surface area contributed by atoms with Crippen LogP contribution in [0.2, 0.25) is 5.02 Å². The van der Waals surface area contributed by atoms with Gasteiger partial charge in [-0.15, -0.1) is 0 Å². The van der Waals surface area contributed by atoms with Crippen molar-refractivity contribution in [3.05, 3.63) is 62.8 Å². The second-order valence-electron chi connectivity index (χ2n) is 3.70. The van der Waals surface area contributed by atoms with E-state index in [-0.39, 0.29) is 16.4 Å². The average molecular weight is 329 g/mol. The van der Waals surface area contributed by atoms with Crippen LogP contribution in [0.1, 0.15) is 15.9 Å². The lowest BCUT2D eigenvalue weighted by Gasteiger charge is -2.05. The fraction of sp³-hybridized carbons (Fsp3) is 0. The van der Waals surface area contributed by atoms with Crippen molar-refractivity contribution in [1.82, 2.24) is 0 Å². The Bertz CT molecular complexity index is 630. The zero-order valence-corrected chi connectivity index (χ0v) is 11.4. The second kappa shape index (κ2) is 5.08. The molecule has 0 radical (unpaired) electrons. The van der Waals surface area contributed by atoms with Gasteiger partial charge < -0.3 is 5.73 Å². The highest BCUT2D eigenvalue weighted by Gasteiger charge is 2.14. The lowest BCUT2D eigenvalue weighted by Crippen LogP contribution is -2.03. The Balaban J connectivity index is 2.44. The second-order valence-corrected chi connectivity index (χ2v) is 4.96. The smallest absolute Gasteiger partial charge is 0.194 e. The molecule has 18 heavy (non-hydrogen) atoms. The van der Waals surface area contributed by atoms with E-state index in [4.69, 9.17) is 17.3 Å². The van der Waals surface area contributed by atoms with Crippen LogP contribution in [-0.2, 0) is 0 Å². The molecule has 2 aromatic carbocycles. The van der Waals surface area contributed by atoms with E-state index in [0.717, 1.165) is 0 Å². The quantitative estimate of drug-likeness (QED) is 0.667. The summed E-state index contributed by atoms with van der Waals surface area (Å²) in [7, 11) is 0. The molecular weight excluding hydrogens is 321 g/mol. The third-order valence-corrected chi connectivity index (χ3v) is 3.38. The van der Waals surface area contributed by atoms with E-state index in [0.29, 0.717) is 15.7 Å². The molecule has 0 bridgehead atoms. The summed E-state index contributed by atoms with van der Waals surface area (Å²) in [6, 6.07) is 8.77. The van der Waals surface area contributed by atoms with Gasteiger partial charge in [0.1, 0.15) is 5.82 Å². The first kappa shape index (κ1) is 13.1. The molecule has 0 aliphatic rings. The van der Waals surface area contributed by atoms with Crippen molar-refractivity contribution >= 4 is 39.0 Å². The maximum atomic E-state index is 13.4. The van der Waals surface area contributed by atoms with E-state index in [2.05, 4.69) is 15.9 Å². The number of nitrogen functional groups attached to an aromatic ring is 1. The number of rotatable bonds is 2. The summed E-state index contributed by atoms with van der Waals surface area (Å²) in [5.74, 6) is -0.834. The van der Waals surface area contributed by atoms with Gasteiger partial charge in [0.15, 0.2) is 5.78 Å². The van der Waals surface area contributed by atoms with Gasteiger partial charge in [0.05, 0.1) is 9.50 Å². The predicted octanol–water partition coefficient (Wildman–Crippen LogP) is 4.05. The van der Waals surface area contributed by atoms with Crippen LogP contribution in [0.4, 0.5) is 10.1 Å². The van der Waals surface area contributed by atoms with Gasteiger partial charge >= 0.3 is 0 Å². The van der Waals surface area contributed by atoms with Gasteiger partial charge in [0.2, 0.25) is 0 Å². The van der Waals surface area contributed by atoms with Crippen LogP contribution in [0.5, 0.6) is 0 Å². The Kier molecular flexibility index (Phi) is 3.68. The first-order valence-corrected chi connectivity index (χ1v) is 6.21. The molecule has 2 rings (SSSR count). The molecule has 0 saturated carbocycles. The molecule has 0 atom stereocenters. The third-order valence-electron chi connectivity index (χ3n) is 2.42. The summed E-state index contributed by atoms with van der Waals surface area (Å²) in [5, 5.41) is 0.253. The maximum Gasteiger partial charge on any atom is 0.194 e. The molecule has 0 aliphatic carbocycles. The number of hydrogen-bond acceptors (Lipinski definition) is 2. The number of carbonyl (C=O) groups excluding carboxylic acids is 1. The Morgan fingerprint density at radius 1 is 1.22 bits per heavy atom. The lowest BCUT2D eigenvalue weighted by atomic mass is 10.0. The van der Waals surface area contributed by atoms with Crippen molar-refractivity contribution in [3.63, 3.8) is 0 Å². The predicted molar refractivity (Wildman–Crippen MR) is 73.4 cm³/mol. The monoisotopic (exact) mass is 327 g/mol. The third kappa shape index (κ3) is 2.54. The highest BCUT2D eigenvalue weighted by molar-refractivity contribution is 9.10. The van der Waals surface area contributed by atoms with Gasteiger partial charge in [0.25, 0.3) is 0 Å². The minimum atomic E-state index is -0.493. The van der Waals surface area contributed by atoms with E-state index in [1.165, 1.54) is 30.3 Å². The Morgan fingerprint density at radius 3 is 2.56 bits per heavy atom. The lowest BCUT2D eigenvalue weighted by molar-refractivity contribution is 0.103. The molecule has 2 N–H and O–H groups in total. The van der Waals surface area contributed by atoms with E-state index < -0.39 is 5.82 Å². The molecule has 0 amide bonds. The molecule has 0 aliphatic heterocycles. The normalized spacial score (nSPS) is 10.4. The van der Waals surface area contributed by atoms with Crippen molar-refractivity contribution in [2.75, 3.05) is 5.73 Å². The van der Waals surface area contributed by atoms with Crippen LogP contribution >= 0.6 is 27.5 Å². The van der Waals surface area contributed by atoms with Gasteiger partial charge in [0, 0.05) is 16.8 Å². The number of benzene rings is 2. The zero-order chi connectivity index (χ0) is 13.3. The Hall–Kier alpha value is -1.39. The van der Waals surface area contributed by atoms with Crippen molar-refractivity contribution in [3.8, 4) is 0 Å². The van der Waals surface area contributed by atoms with Crippen molar-refractivity contribution in [1.29, 1.82) is 0 Å². The van der Waals surface area contributed by atoms with Crippen molar-refractivity contribution in [2.24, 2.45) is 0 Å². The van der Waals surface area contributed by atoms with Crippen LogP contribution in [0.3, 0.4) is 0 Å². The van der Waals surface area contributed by atoms with Crippen molar-refractivity contribution < 1.29 is 9.18 Å². The van der Waals surface area contributed by atoms with E-state index in [9.17, 15) is 9.18 Å². The molecule has 2 nitrogen and oxygen atoms in total. The van der Waals surface area contributed by atoms with Crippen LogP contribution < -0.4 is 5.73 Å². The first-order chi connectivity index (χ1) is 8.49. The van der Waals surface area contributed by atoms with Crippen LogP contribution in [0, 0.1) is 5.82 Å². The summed E-state index contributed by atoms with van der Waals surface area (Å²) in [5.41, 5.74) is 6.56. The highest BCUT2D eigenvalue weighted by Crippen LogP contribution is 2.24. The minimum Gasteiger partial charge on any atom is -0.399 e. The maximum absolute atomic E-state index is 13.4. The van der Waals surface area contributed by atoms with Gasteiger partial charge in [-0.3, -0.25) is 4.79 Å². The van der Waals surface area contributed by atoms with Gasteiger partial charge in [-0.25, -0.2) is 4.39 Å². The molecule has 92 valence electrons. The highest BCUT2D eigenvalue weighted by atomic mass is 79.9. The Labute approximate surface area is 117 Å². The number of ketones is 1. The molecule has 0 fully saturated rings. The number of carbonyl (C=O) groups is 1. The van der Waals surface area contributed by atoms with E-state index in [1.807, 2.05) is 0 Å². The summed E-state index contributed by atoms with van der Waals surface area (Å²) in [4.78, 5) is 12.1. The minimum absolute atomic E-state index is 0.238. The molecule has 0 heterocycles. The average Bonchev–Trinajstić information content (AvgIpc) is 2.32. The Morgan fingerprint density at radius 2 is 1.94 bits per heavy atom. The SMILES string of the molecule is Nc1ccc(C(=O)c2ccc(Br)c(F)c2)c(Cl)c1. The first-order valence-electron chi connectivity index (χ1n) is 5.04. The van der Waals surface area contributed by atoms with Gasteiger partial charge in [-0.2, -0.15) is 0 Å². The molecule has 0 aromatic heterocycles. The summed E-state index contributed by atoms with van der Waals surface area (Å²) < 4.78 is 13.7. The standard InChI is InChI=1S/C13H8BrClFNO/c14-10-4-1-7(5-12(10)16)13(18)9-3-2-8(17)6-11(9)15/h1-6H,17H2. The number of anilines is 1. The van der Waals surface area contributed by atoms with Gasteiger partial charge in [-0.1, -0.05) is 11.6 Å². The van der Waals surface area contributed by atoms with Gasteiger partial charge in [-0.05, 0) is 52.3 Å². The number of hydrogen-bond donors (Lipinski definition) is 1. The molecule has 0 saturated heterocycles. The van der Waals surface area contributed by atoms with E-state index in [1.54, 1.807) is 6.07 Å². The molecule has 2 aromatic rings. The summed E-state index contributed by atoms with van der Waals surface area (Å²) in [6.45, 7) is 0. The van der Waals surface area contributed by atoms with Crippen molar-refractivity contribution in [2.45, 2.75) is 0 Å². The topological polar surface area (TPSA) is 43.1 Å². The fourth-order valence-corrected chi connectivity index (χ4v) is 2.03. The van der Waals surface area contributed by atoms with Crippen LogP contribution in [-0.4, -0.2) is 5.78 Å². The van der Waals surface area contributed by atoms with Crippen LogP contribution in [0.25, 0.3) is 0 Å². The zero-order valence-electron chi connectivity index (χ0n) is 9.08.